The summed E-state index contributed by atoms with van der Waals surface area (Å²) in [7, 11) is 0. The van der Waals surface area contributed by atoms with E-state index in [9.17, 15) is 19.2 Å². The number of anilines is 1. The van der Waals surface area contributed by atoms with Crippen molar-refractivity contribution < 1.29 is 23.9 Å². The van der Waals surface area contributed by atoms with Crippen LogP contribution in [0.2, 0.25) is 10.0 Å². The second kappa shape index (κ2) is 8.90. The van der Waals surface area contributed by atoms with Gasteiger partial charge >= 0.3 is 12.0 Å². The van der Waals surface area contributed by atoms with Crippen molar-refractivity contribution in [3.8, 4) is 0 Å². The van der Waals surface area contributed by atoms with Crippen molar-refractivity contribution in [3.05, 3.63) is 28.2 Å². The van der Waals surface area contributed by atoms with Crippen molar-refractivity contribution in [2.24, 2.45) is 11.3 Å². The van der Waals surface area contributed by atoms with Gasteiger partial charge in [-0.25, -0.2) is 4.79 Å². The number of benzene rings is 1. The number of imide groups is 1. The predicted molar refractivity (Wildman–Crippen MR) is 120 cm³/mol. The molecule has 174 valence electrons. The number of urea groups is 1. The smallest absolute Gasteiger partial charge is 0.327 e. The van der Waals surface area contributed by atoms with Crippen molar-refractivity contribution in [2.75, 3.05) is 11.9 Å². The van der Waals surface area contributed by atoms with Crippen LogP contribution in [0.1, 0.15) is 47.0 Å². The standard InChI is InChI=1S/C22H27Cl2N3O5/c1-12-8-21(3,4)11-22(9-12)19(30)27(20(31)26-22)10-16(28)32-13(2)18(29)25-15-7-5-6-14(23)17(15)24/h5-7,12-13H,8-11H2,1-4H3,(H,25,29)(H,26,31). The first-order valence-corrected chi connectivity index (χ1v) is 11.2. The van der Waals surface area contributed by atoms with Gasteiger partial charge in [0, 0.05) is 0 Å². The molecule has 1 heterocycles. The van der Waals surface area contributed by atoms with Gasteiger partial charge in [0.05, 0.1) is 15.7 Å². The Labute approximate surface area is 196 Å². The Bertz CT molecular complexity index is 967. The third-order valence-electron chi connectivity index (χ3n) is 5.80. The first-order chi connectivity index (χ1) is 14.8. The number of esters is 1. The Balaban J connectivity index is 1.62. The van der Waals surface area contributed by atoms with E-state index in [0.29, 0.717) is 12.8 Å². The molecule has 0 aromatic heterocycles. The number of halogens is 2. The second-order valence-electron chi connectivity index (χ2n) is 9.48. The molecule has 1 saturated carbocycles. The zero-order valence-corrected chi connectivity index (χ0v) is 20.0. The first-order valence-electron chi connectivity index (χ1n) is 10.4. The monoisotopic (exact) mass is 483 g/mol. The lowest BCUT2D eigenvalue weighted by atomic mass is 9.64. The van der Waals surface area contributed by atoms with Gasteiger partial charge in [-0.3, -0.25) is 19.3 Å². The number of rotatable bonds is 5. The topological polar surface area (TPSA) is 105 Å². The van der Waals surface area contributed by atoms with E-state index in [1.165, 1.54) is 6.92 Å². The molecule has 0 radical (unpaired) electrons. The highest BCUT2D eigenvalue weighted by atomic mass is 35.5. The molecule has 0 bridgehead atoms. The number of hydrogen-bond donors (Lipinski definition) is 2. The minimum atomic E-state index is -1.18. The predicted octanol–water partition coefficient (Wildman–Crippen LogP) is 4.00. The van der Waals surface area contributed by atoms with Crippen molar-refractivity contribution in [1.29, 1.82) is 0 Å². The van der Waals surface area contributed by atoms with E-state index < -0.39 is 42.0 Å². The van der Waals surface area contributed by atoms with Crippen LogP contribution in [0, 0.1) is 11.3 Å². The fourth-order valence-corrected chi connectivity index (χ4v) is 5.25. The van der Waals surface area contributed by atoms with E-state index in [4.69, 9.17) is 27.9 Å². The lowest BCUT2D eigenvalue weighted by Gasteiger charge is -2.43. The maximum absolute atomic E-state index is 13.1. The Morgan fingerprint density at radius 3 is 2.62 bits per heavy atom. The zero-order valence-electron chi connectivity index (χ0n) is 18.5. The summed E-state index contributed by atoms with van der Waals surface area (Å²) in [6, 6.07) is 4.11. The summed E-state index contributed by atoms with van der Waals surface area (Å²) >= 11 is 12.0. The highest BCUT2D eigenvalue weighted by Crippen LogP contribution is 2.46. The molecule has 8 nitrogen and oxygen atoms in total. The number of carbonyl (C=O) groups is 4. The van der Waals surface area contributed by atoms with Crippen LogP contribution in [0.25, 0.3) is 0 Å². The van der Waals surface area contributed by atoms with Gasteiger partial charge in [-0.15, -0.1) is 0 Å². The Hall–Kier alpha value is -2.32. The molecular formula is C22H27Cl2N3O5. The number of nitrogens with one attached hydrogen (secondary N) is 2. The molecular weight excluding hydrogens is 457 g/mol. The van der Waals surface area contributed by atoms with Crippen LogP contribution in [0.15, 0.2) is 18.2 Å². The highest BCUT2D eigenvalue weighted by molar-refractivity contribution is 6.44. The molecule has 1 saturated heterocycles. The van der Waals surface area contributed by atoms with Crippen LogP contribution in [0.4, 0.5) is 10.5 Å². The number of amides is 4. The average Bonchev–Trinajstić information content (AvgIpc) is 2.86. The van der Waals surface area contributed by atoms with Gasteiger partial charge in [0.25, 0.3) is 11.8 Å². The molecule has 1 aliphatic carbocycles. The van der Waals surface area contributed by atoms with Crippen LogP contribution in [0.5, 0.6) is 0 Å². The molecule has 4 amide bonds. The Morgan fingerprint density at radius 2 is 1.97 bits per heavy atom. The van der Waals surface area contributed by atoms with Crippen molar-refractivity contribution in [1.82, 2.24) is 10.2 Å². The largest absolute Gasteiger partial charge is 0.451 e. The van der Waals surface area contributed by atoms with Crippen LogP contribution in [0.3, 0.4) is 0 Å². The maximum Gasteiger partial charge on any atom is 0.327 e. The number of ether oxygens (including phenoxy) is 1. The molecule has 2 fully saturated rings. The summed E-state index contributed by atoms with van der Waals surface area (Å²) in [6.07, 6.45) is 0.787. The van der Waals surface area contributed by atoms with E-state index in [1.807, 2.05) is 6.92 Å². The molecule has 1 spiro atoms. The van der Waals surface area contributed by atoms with Gasteiger partial charge in [-0.05, 0) is 49.7 Å². The average molecular weight is 484 g/mol. The van der Waals surface area contributed by atoms with E-state index in [2.05, 4.69) is 24.5 Å². The lowest BCUT2D eigenvalue weighted by Crippen LogP contribution is -2.54. The summed E-state index contributed by atoms with van der Waals surface area (Å²) in [4.78, 5) is 51.3. The van der Waals surface area contributed by atoms with Gasteiger partial charge < -0.3 is 15.4 Å². The maximum atomic E-state index is 13.1. The fraction of sp³-hybridized carbons (Fsp3) is 0.545. The number of nitrogens with zero attached hydrogens (tertiary/aromatic N) is 1. The van der Waals surface area contributed by atoms with E-state index in [-0.39, 0.29) is 27.1 Å². The van der Waals surface area contributed by atoms with E-state index in [1.54, 1.807) is 18.2 Å². The first kappa shape index (κ1) is 24.3. The molecule has 1 aliphatic heterocycles. The summed E-state index contributed by atoms with van der Waals surface area (Å²) in [5, 5.41) is 5.77. The minimum Gasteiger partial charge on any atom is -0.451 e. The van der Waals surface area contributed by atoms with Crippen LogP contribution in [-0.2, 0) is 19.1 Å². The number of carbonyl (C=O) groups excluding carboxylic acids is 4. The molecule has 3 unspecified atom stereocenters. The molecule has 3 rings (SSSR count). The van der Waals surface area contributed by atoms with Crippen molar-refractivity contribution in [3.63, 3.8) is 0 Å². The summed E-state index contributed by atoms with van der Waals surface area (Å²) < 4.78 is 5.15. The summed E-state index contributed by atoms with van der Waals surface area (Å²) in [5.41, 5.74) is -0.854. The Morgan fingerprint density at radius 1 is 1.28 bits per heavy atom. The second-order valence-corrected chi connectivity index (χ2v) is 10.3. The molecule has 1 aromatic carbocycles. The molecule has 1 aromatic rings. The SMILES string of the molecule is CC1CC(C)(C)CC2(C1)NC(=O)N(CC(=O)OC(C)C(=O)Nc1cccc(Cl)c1Cl)C2=O. The third-order valence-corrected chi connectivity index (χ3v) is 6.62. The van der Waals surface area contributed by atoms with Crippen LogP contribution in [-0.4, -0.2) is 46.9 Å². The molecule has 2 aliphatic rings. The fourth-order valence-electron chi connectivity index (χ4n) is 4.90. The summed E-state index contributed by atoms with van der Waals surface area (Å²) in [6.45, 7) is 6.98. The third kappa shape index (κ3) is 5.02. The molecule has 3 atom stereocenters. The van der Waals surface area contributed by atoms with Crippen molar-refractivity contribution in [2.45, 2.75) is 58.6 Å². The zero-order chi connectivity index (χ0) is 23.8. The van der Waals surface area contributed by atoms with E-state index >= 15 is 0 Å². The normalized spacial score (nSPS) is 25.4. The number of hydrogen-bond acceptors (Lipinski definition) is 5. The molecule has 2 N–H and O–H groups in total. The van der Waals surface area contributed by atoms with Gasteiger partial charge in [0.1, 0.15) is 12.1 Å². The minimum absolute atomic E-state index is 0.120. The van der Waals surface area contributed by atoms with Crippen LogP contribution < -0.4 is 10.6 Å². The quantitative estimate of drug-likeness (QED) is 0.486. The van der Waals surface area contributed by atoms with Crippen LogP contribution >= 0.6 is 23.2 Å². The molecule has 32 heavy (non-hydrogen) atoms. The Kier molecular flexibility index (Phi) is 6.77. The van der Waals surface area contributed by atoms with Gasteiger partial charge in [-0.2, -0.15) is 0 Å². The molecule has 10 heteroatoms. The van der Waals surface area contributed by atoms with Gasteiger partial charge in [0.2, 0.25) is 0 Å². The van der Waals surface area contributed by atoms with Gasteiger partial charge in [0.15, 0.2) is 6.10 Å². The van der Waals surface area contributed by atoms with E-state index in [0.717, 1.165) is 11.3 Å². The highest BCUT2D eigenvalue weighted by Gasteiger charge is 2.56. The summed E-state index contributed by atoms with van der Waals surface area (Å²) in [5.74, 6) is -1.67. The van der Waals surface area contributed by atoms with Gasteiger partial charge in [-0.1, -0.05) is 50.0 Å². The van der Waals surface area contributed by atoms with Crippen molar-refractivity contribution >= 4 is 52.7 Å². The lowest BCUT2D eigenvalue weighted by molar-refractivity contribution is -0.155.